The first-order chi connectivity index (χ1) is 13.6. The topological polar surface area (TPSA) is 106 Å². The van der Waals surface area contributed by atoms with Crippen LogP contribution in [0.3, 0.4) is 0 Å². The summed E-state index contributed by atoms with van der Waals surface area (Å²) in [4.78, 5) is 16.5. The molecular weight excluding hydrogens is 354 g/mol. The van der Waals surface area contributed by atoms with Crippen molar-refractivity contribution in [3.05, 3.63) is 30.1 Å². The maximum absolute atomic E-state index is 7.83. The molecule has 28 heavy (non-hydrogen) atoms. The number of ether oxygens (including phenoxy) is 1. The molecule has 0 spiro atoms. The Labute approximate surface area is 163 Å². The molecule has 1 fully saturated rings. The molecule has 0 amide bonds. The number of fused-ring (bicyclic) bond motifs is 1. The molecule has 1 aliphatic rings. The maximum Gasteiger partial charge on any atom is 0.228 e. The quantitative estimate of drug-likeness (QED) is 0.521. The minimum atomic E-state index is 0.272. The zero-order valence-electron chi connectivity index (χ0n) is 16.2. The van der Waals surface area contributed by atoms with E-state index >= 15 is 0 Å². The monoisotopic (exact) mass is 379 g/mol. The molecule has 1 unspecified atom stereocenters. The summed E-state index contributed by atoms with van der Waals surface area (Å²) in [6.45, 7) is 7.11. The summed E-state index contributed by atoms with van der Waals surface area (Å²) >= 11 is 0. The van der Waals surface area contributed by atoms with Crippen LogP contribution in [0, 0.1) is 5.41 Å². The lowest BCUT2D eigenvalue weighted by atomic mass is 10.0. The van der Waals surface area contributed by atoms with Crippen molar-refractivity contribution in [2.45, 2.75) is 26.3 Å². The summed E-state index contributed by atoms with van der Waals surface area (Å²) in [5.74, 6) is 0.661. The van der Waals surface area contributed by atoms with E-state index in [9.17, 15) is 0 Å². The highest BCUT2D eigenvalue weighted by molar-refractivity contribution is 5.99. The number of nitrogens with one attached hydrogen (secondary N) is 1. The van der Waals surface area contributed by atoms with Crippen LogP contribution in [-0.2, 0) is 4.74 Å². The molecule has 1 atom stereocenters. The third-order valence-electron chi connectivity index (χ3n) is 5.31. The van der Waals surface area contributed by atoms with Crippen molar-refractivity contribution in [3.63, 3.8) is 0 Å². The van der Waals surface area contributed by atoms with E-state index in [0.29, 0.717) is 36.1 Å². The summed E-state index contributed by atoms with van der Waals surface area (Å²) in [6.07, 6.45) is 4.08. The van der Waals surface area contributed by atoms with Crippen LogP contribution in [0.4, 0.5) is 11.6 Å². The van der Waals surface area contributed by atoms with Crippen LogP contribution in [0.1, 0.15) is 31.9 Å². The Morgan fingerprint density at radius 1 is 1.29 bits per heavy atom. The van der Waals surface area contributed by atoms with E-state index in [1.165, 1.54) is 6.21 Å². The third-order valence-corrected chi connectivity index (χ3v) is 5.31. The first-order valence-electron chi connectivity index (χ1n) is 9.60. The van der Waals surface area contributed by atoms with Gasteiger partial charge in [-0.25, -0.2) is 9.97 Å². The zero-order valence-corrected chi connectivity index (χ0v) is 16.2. The van der Waals surface area contributed by atoms with Crippen LogP contribution in [0.25, 0.3) is 22.4 Å². The molecule has 0 aliphatic carbocycles. The Kier molecular flexibility index (Phi) is 4.95. The van der Waals surface area contributed by atoms with Crippen LogP contribution < -0.4 is 10.6 Å². The number of benzene rings is 1. The molecule has 3 N–H and O–H groups in total. The van der Waals surface area contributed by atoms with Gasteiger partial charge in [0, 0.05) is 42.2 Å². The standard InChI is InChI=1S/C20H25N7O/c1-3-13(2)27-12-23-18-17(14-5-4-6-16(22)15(14)11-21)24-20(25-19(18)27)26-7-9-28-10-8-26/h4-6,11-13,21H,3,7-10,22H2,1-2H3. The SMILES string of the molecule is CCC(C)n1cnc2c(-c3cccc(N)c3C=N)nc(N3CCOCC3)nc21. The van der Waals surface area contributed by atoms with E-state index in [0.717, 1.165) is 36.2 Å². The highest BCUT2D eigenvalue weighted by Crippen LogP contribution is 2.32. The largest absolute Gasteiger partial charge is 0.398 e. The molecule has 4 rings (SSSR count). The summed E-state index contributed by atoms with van der Waals surface area (Å²) in [7, 11) is 0. The fraction of sp³-hybridized carbons (Fsp3) is 0.400. The normalized spacial score (nSPS) is 15.7. The minimum Gasteiger partial charge on any atom is -0.398 e. The molecule has 1 aliphatic heterocycles. The summed E-state index contributed by atoms with van der Waals surface area (Å²) < 4.78 is 7.58. The predicted octanol–water partition coefficient (Wildman–Crippen LogP) is 2.88. The molecule has 0 radical (unpaired) electrons. The van der Waals surface area contributed by atoms with Gasteiger partial charge in [-0.15, -0.1) is 0 Å². The number of rotatable bonds is 5. The van der Waals surface area contributed by atoms with Gasteiger partial charge < -0.3 is 25.3 Å². The van der Waals surface area contributed by atoms with E-state index < -0.39 is 0 Å². The Hall–Kier alpha value is -3.00. The highest BCUT2D eigenvalue weighted by Gasteiger charge is 2.22. The molecule has 1 saturated heterocycles. The van der Waals surface area contributed by atoms with Crippen LogP contribution in [0.5, 0.6) is 0 Å². The van der Waals surface area contributed by atoms with Gasteiger partial charge in [0.15, 0.2) is 5.65 Å². The number of aromatic nitrogens is 4. The Morgan fingerprint density at radius 3 is 2.79 bits per heavy atom. The van der Waals surface area contributed by atoms with E-state index in [1.807, 2.05) is 18.5 Å². The van der Waals surface area contributed by atoms with Crippen molar-refractivity contribution in [1.29, 1.82) is 5.41 Å². The molecule has 2 aromatic heterocycles. The maximum atomic E-state index is 7.83. The molecule has 3 heterocycles. The summed E-state index contributed by atoms with van der Waals surface area (Å²) in [6, 6.07) is 5.88. The summed E-state index contributed by atoms with van der Waals surface area (Å²) in [5.41, 5.74) is 10.4. The first kappa shape index (κ1) is 18.4. The fourth-order valence-corrected chi connectivity index (χ4v) is 3.47. The number of nitrogens with two attached hydrogens (primary N) is 1. The van der Waals surface area contributed by atoms with Gasteiger partial charge in [0.2, 0.25) is 5.95 Å². The minimum absolute atomic E-state index is 0.272. The van der Waals surface area contributed by atoms with Crippen LogP contribution in [-0.4, -0.2) is 52.0 Å². The van der Waals surface area contributed by atoms with Crippen LogP contribution in [0.15, 0.2) is 24.5 Å². The molecule has 146 valence electrons. The lowest BCUT2D eigenvalue weighted by Crippen LogP contribution is -2.37. The molecule has 8 heteroatoms. The number of anilines is 2. The number of hydrogen-bond acceptors (Lipinski definition) is 7. The first-order valence-corrected chi connectivity index (χ1v) is 9.60. The highest BCUT2D eigenvalue weighted by atomic mass is 16.5. The Balaban J connectivity index is 1.98. The third kappa shape index (κ3) is 3.09. The van der Waals surface area contributed by atoms with Gasteiger partial charge in [-0.1, -0.05) is 19.1 Å². The van der Waals surface area contributed by atoms with Crippen LogP contribution >= 0.6 is 0 Å². The lowest BCUT2D eigenvalue weighted by Gasteiger charge is -2.27. The van der Waals surface area contributed by atoms with Gasteiger partial charge in [0.1, 0.15) is 11.2 Å². The second-order valence-corrected chi connectivity index (χ2v) is 7.01. The van der Waals surface area contributed by atoms with Crippen molar-refractivity contribution < 1.29 is 4.74 Å². The van der Waals surface area contributed by atoms with Crippen molar-refractivity contribution in [1.82, 2.24) is 19.5 Å². The number of nitrogens with zero attached hydrogens (tertiary/aromatic N) is 5. The molecular formula is C20H25N7O. The van der Waals surface area contributed by atoms with Gasteiger partial charge in [-0.2, -0.15) is 4.98 Å². The number of nitrogen functional groups attached to an aromatic ring is 1. The van der Waals surface area contributed by atoms with E-state index in [1.54, 1.807) is 6.07 Å². The fourth-order valence-electron chi connectivity index (χ4n) is 3.47. The van der Waals surface area contributed by atoms with E-state index in [-0.39, 0.29) is 6.04 Å². The Morgan fingerprint density at radius 2 is 2.07 bits per heavy atom. The van der Waals surface area contributed by atoms with Gasteiger partial charge in [-0.05, 0) is 19.4 Å². The molecule has 0 bridgehead atoms. The van der Waals surface area contributed by atoms with Gasteiger partial charge >= 0.3 is 0 Å². The second kappa shape index (κ2) is 7.55. The zero-order chi connectivity index (χ0) is 19.7. The van der Waals surface area contributed by atoms with E-state index in [2.05, 4.69) is 28.3 Å². The molecule has 3 aromatic rings. The number of imidazole rings is 1. The van der Waals surface area contributed by atoms with Gasteiger partial charge in [0.25, 0.3) is 0 Å². The van der Waals surface area contributed by atoms with Crippen molar-refractivity contribution in [2.75, 3.05) is 36.9 Å². The van der Waals surface area contributed by atoms with E-state index in [4.69, 9.17) is 25.8 Å². The van der Waals surface area contributed by atoms with Gasteiger partial charge in [-0.3, -0.25) is 0 Å². The van der Waals surface area contributed by atoms with Crippen LogP contribution in [0.2, 0.25) is 0 Å². The smallest absolute Gasteiger partial charge is 0.228 e. The molecule has 0 saturated carbocycles. The van der Waals surface area contributed by atoms with Crippen molar-refractivity contribution in [3.8, 4) is 11.3 Å². The molecule has 1 aromatic carbocycles. The average molecular weight is 379 g/mol. The lowest BCUT2D eigenvalue weighted by molar-refractivity contribution is 0.122. The predicted molar refractivity (Wildman–Crippen MR) is 111 cm³/mol. The average Bonchev–Trinajstić information content (AvgIpc) is 3.17. The molecule has 8 nitrogen and oxygen atoms in total. The number of hydrogen-bond donors (Lipinski definition) is 2. The van der Waals surface area contributed by atoms with Gasteiger partial charge in [0.05, 0.1) is 19.5 Å². The van der Waals surface area contributed by atoms with Crippen molar-refractivity contribution >= 4 is 29.0 Å². The van der Waals surface area contributed by atoms with Crippen molar-refractivity contribution in [2.24, 2.45) is 0 Å². The summed E-state index contributed by atoms with van der Waals surface area (Å²) in [5, 5.41) is 7.83. The Bertz CT molecular complexity index is 1010. The number of morpholine rings is 1. The second-order valence-electron chi connectivity index (χ2n) is 7.01.